The normalized spacial score (nSPS) is 31.6. The highest BCUT2D eigenvalue weighted by atomic mass is 16.6. The van der Waals surface area contributed by atoms with Crippen molar-refractivity contribution in [3.05, 3.63) is 16.7 Å². The summed E-state index contributed by atoms with van der Waals surface area (Å²) in [5.74, 6) is -0.164. The molecule has 0 unspecified atom stereocenters. The van der Waals surface area contributed by atoms with Crippen molar-refractivity contribution in [2.75, 3.05) is 12.1 Å². The number of anilines is 1. The second-order valence-corrected chi connectivity index (χ2v) is 3.71. The Morgan fingerprint density at radius 1 is 1.44 bits per heavy atom. The molecule has 0 bridgehead atoms. The maximum absolute atomic E-state index is 11.5. The van der Waals surface area contributed by atoms with Crippen molar-refractivity contribution in [2.24, 2.45) is 0 Å². The van der Waals surface area contributed by atoms with Crippen molar-refractivity contribution in [1.29, 1.82) is 0 Å². The number of aliphatic hydroxyl groups is 3. The Bertz CT molecular complexity index is 479. The Kier molecular flexibility index (Phi) is 3.54. The number of nitrogens with zero attached hydrogens (tertiary/aromatic N) is 3. The number of aliphatic hydroxyl groups excluding tert-OH is 3. The van der Waals surface area contributed by atoms with Gasteiger partial charge < -0.3 is 20.1 Å². The molecule has 4 atom stereocenters. The van der Waals surface area contributed by atoms with E-state index in [1.165, 1.54) is 0 Å². The summed E-state index contributed by atoms with van der Waals surface area (Å²) in [7, 11) is 0. The third-order valence-corrected chi connectivity index (χ3v) is 2.59. The third kappa shape index (κ3) is 2.07. The lowest BCUT2D eigenvalue weighted by atomic mass is 10.1. The van der Waals surface area contributed by atoms with Crippen LogP contribution in [0.1, 0.15) is 6.23 Å². The molecule has 0 saturated carbocycles. The quantitative estimate of drug-likeness (QED) is 0.359. The fourth-order valence-corrected chi connectivity index (χ4v) is 1.66. The van der Waals surface area contributed by atoms with Crippen LogP contribution in [-0.2, 0) is 4.74 Å². The summed E-state index contributed by atoms with van der Waals surface area (Å²) in [5, 5.41) is 40.3. The average molecular weight is 260 g/mol. The van der Waals surface area contributed by atoms with Crippen molar-refractivity contribution in [2.45, 2.75) is 24.5 Å². The van der Waals surface area contributed by atoms with Crippen molar-refractivity contribution in [3.63, 3.8) is 0 Å². The molecule has 0 aliphatic carbocycles. The predicted molar refractivity (Wildman–Crippen MR) is 54.7 cm³/mol. The third-order valence-electron chi connectivity index (χ3n) is 2.59. The van der Waals surface area contributed by atoms with Gasteiger partial charge in [0, 0.05) is 0 Å². The number of hydrogen-bond donors (Lipinski definition) is 5. The van der Waals surface area contributed by atoms with E-state index >= 15 is 0 Å². The van der Waals surface area contributed by atoms with Crippen LogP contribution < -0.4 is 11.2 Å². The van der Waals surface area contributed by atoms with Gasteiger partial charge >= 0.3 is 5.69 Å². The van der Waals surface area contributed by atoms with E-state index in [9.17, 15) is 15.0 Å². The fourth-order valence-electron chi connectivity index (χ4n) is 1.66. The summed E-state index contributed by atoms with van der Waals surface area (Å²) in [5.41, 5.74) is 0.761. The molecule has 5 N–H and O–H groups in total. The summed E-state index contributed by atoms with van der Waals surface area (Å²) < 4.78 is 5.82. The van der Waals surface area contributed by atoms with Gasteiger partial charge in [-0.1, -0.05) is 0 Å². The molecule has 1 aromatic rings. The van der Waals surface area contributed by atoms with Crippen LogP contribution in [0.4, 0.5) is 5.82 Å². The zero-order chi connectivity index (χ0) is 13.3. The van der Waals surface area contributed by atoms with E-state index in [1.807, 2.05) is 0 Å². The summed E-state index contributed by atoms with van der Waals surface area (Å²) >= 11 is 0. The molecule has 0 aromatic carbocycles. The molecule has 0 radical (unpaired) electrons. The molecular formula is C8H12N4O6. The van der Waals surface area contributed by atoms with Crippen LogP contribution in [0.15, 0.2) is 11.0 Å². The Balaban J connectivity index is 2.30. The summed E-state index contributed by atoms with van der Waals surface area (Å²) in [6.45, 7) is -0.507. The number of nitrogens with one attached hydrogen (secondary N) is 1. The number of hydrogen-bond acceptors (Lipinski definition) is 9. The van der Waals surface area contributed by atoms with Crippen LogP contribution in [0.2, 0.25) is 0 Å². The van der Waals surface area contributed by atoms with Gasteiger partial charge in [0.05, 0.1) is 12.8 Å². The lowest BCUT2D eigenvalue weighted by molar-refractivity contribution is -0.0617. The second-order valence-electron chi connectivity index (χ2n) is 3.71. The minimum atomic E-state index is -1.41. The highest BCUT2D eigenvalue weighted by Crippen LogP contribution is 2.27. The van der Waals surface area contributed by atoms with Gasteiger partial charge in [0.15, 0.2) is 12.0 Å². The first-order chi connectivity index (χ1) is 8.58. The second kappa shape index (κ2) is 4.96. The van der Waals surface area contributed by atoms with Gasteiger partial charge in [-0.25, -0.2) is 4.79 Å². The Hall–Kier alpha value is -1.59. The molecule has 1 fully saturated rings. The van der Waals surface area contributed by atoms with E-state index in [-0.39, 0.29) is 5.82 Å². The molecular weight excluding hydrogens is 248 g/mol. The topological polar surface area (TPSA) is 150 Å². The minimum absolute atomic E-state index is 0.164. The van der Waals surface area contributed by atoms with Crippen molar-refractivity contribution in [1.82, 2.24) is 14.8 Å². The van der Waals surface area contributed by atoms with E-state index in [4.69, 9.17) is 15.1 Å². The van der Waals surface area contributed by atoms with Crippen LogP contribution >= 0.6 is 0 Å². The zero-order valence-electron chi connectivity index (χ0n) is 9.04. The summed E-state index contributed by atoms with van der Waals surface area (Å²) in [6, 6.07) is 0. The van der Waals surface area contributed by atoms with Crippen molar-refractivity contribution >= 4 is 5.82 Å². The Labute approximate surface area is 100 Å². The Morgan fingerprint density at radius 3 is 2.67 bits per heavy atom. The summed E-state index contributed by atoms with van der Waals surface area (Å²) in [6.07, 6.45) is -3.96. The highest BCUT2D eigenvalue weighted by molar-refractivity contribution is 5.24. The zero-order valence-corrected chi connectivity index (χ0v) is 9.04. The number of aromatic nitrogens is 3. The molecule has 10 heteroatoms. The highest BCUT2D eigenvalue weighted by Gasteiger charge is 2.44. The molecule has 2 rings (SSSR count). The van der Waals surface area contributed by atoms with Crippen LogP contribution in [0.3, 0.4) is 0 Å². The molecule has 1 aromatic heterocycles. The molecule has 1 aliphatic rings. The lowest BCUT2D eigenvalue weighted by Gasteiger charge is -2.15. The van der Waals surface area contributed by atoms with E-state index in [0.29, 0.717) is 4.68 Å². The monoisotopic (exact) mass is 260 g/mol. The number of ether oxygens (including phenoxy) is 1. The van der Waals surface area contributed by atoms with Gasteiger partial charge in [-0.15, -0.1) is 0 Å². The van der Waals surface area contributed by atoms with Gasteiger partial charge in [-0.3, -0.25) is 10.7 Å². The fraction of sp³-hybridized carbons (Fsp3) is 0.625. The minimum Gasteiger partial charge on any atom is -0.394 e. The smallest absolute Gasteiger partial charge is 0.368 e. The largest absolute Gasteiger partial charge is 0.394 e. The Morgan fingerprint density at radius 2 is 2.17 bits per heavy atom. The van der Waals surface area contributed by atoms with Gasteiger partial charge in [-0.05, 0) is 0 Å². The molecule has 18 heavy (non-hydrogen) atoms. The first kappa shape index (κ1) is 12.9. The predicted octanol–water partition coefficient (Wildman–Crippen LogP) is -2.95. The molecule has 100 valence electrons. The van der Waals surface area contributed by atoms with Gasteiger partial charge in [-0.2, -0.15) is 14.8 Å². The number of rotatable bonds is 3. The standard InChI is InChI=1S/C8H12N4O6/c13-2-3-5(14)6(15)7(18-3)12-8(16)10-4(11-17)1-9-12/h1,3,5-7,13-15,17H,2H2,(H,10,11,16)/t3-,5+,6-,7-/m0/s1. The average Bonchev–Trinajstić information content (AvgIpc) is 2.66. The summed E-state index contributed by atoms with van der Waals surface area (Å²) in [4.78, 5) is 14.9. The van der Waals surface area contributed by atoms with E-state index in [0.717, 1.165) is 6.20 Å². The molecule has 1 saturated heterocycles. The van der Waals surface area contributed by atoms with Crippen LogP contribution in [0.25, 0.3) is 0 Å². The first-order valence-corrected chi connectivity index (χ1v) is 5.07. The van der Waals surface area contributed by atoms with Crippen LogP contribution in [-0.4, -0.2) is 60.2 Å². The molecule has 0 spiro atoms. The first-order valence-electron chi connectivity index (χ1n) is 5.07. The maximum Gasteiger partial charge on any atom is 0.368 e. The van der Waals surface area contributed by atoms with Crippen LogP contribution in [0, 0.1) is 0 Å². The van der Waals surface area contributed by atoms with E-state index in [1.54, 1.807) is 5.48 Å². The molecule has 1 aliphatic heterocycles. The maximum atomic E-state index is 11.5. The SMILES string of the molecule is O=c1nc(NO)cnn1[C@H]1O[C@@H](CO)[C@@H](O)[C@@H]1O. The van der Waals surface area contributed by atoms with Crippen molar-refractivity contribution in [3.8, 4) is 0 Å². The lowest BCUT2D eigenvalue weighted by Crippen LogP contribution is -2.37. The van der Waals surface area contributed by atoms with Gasteiger partial charge in [0.25, 0.3) is 0 Å². The van der Waals surface area contributed by atoms with Gasteiger partial charge in [0.1, 0.15) is 18.3 Å². The van der Waals surface area contributed by atoms with Gasteiger partial charge in [0.2, 0.25) is 0 Å². The van der Waals surface area contributed by atoms with E-state index in [2.05, 4.69) is 10.1 Å². The molecule has 0 amide bonds. The molecule has 10 nitrogen and oxygen atoms in total. The molecule has 2 heterocycles. The van der Waals surface area contributed by atoms with Crippen LogP contribution in [0.5, 0.6) is 0 Å². The van der Waals surface area contributed by atoms with Crippen molar-refractivity contribution < 1.29 is 25.3 Å². The van der Waals surface area contributed by atoms with E-state index < -0.39 is 36.8 Å².